The molecular formula is C12H11ClN2OS. The summed E-state index contributed by atoms with van der Waals surface area (Å²) in [7, 11) is 1.88. The SMILES string of the molecule is Cn1c(Cl)cnc1CSc1cccc(C=O)c1. The van der Waals surface area contributed by atoms with Gasteiger partial charge in [0.1, 0.15) is 17.3 Å². The number of nitrogens with zero attached hydrogens (tertiary/aromatic N) is 2. The molecule has 1 aromatic carbocycles. The molecule has 5 heteroatoms. The molecule has 0 aliphatic carbocycles. The fourth-order valence-electron chi connectivity index (χ4n) is 1.38. The Kier molecular flexibility index (Phi) is 3.86. The third kappa shape index (κ3) is 2.90. The van der Waals surface area contributed by atoms with Crippen molar-refractivity contribution >= 4 is 29.6 Å². The number of hydrogen-bond acceptors (Lipinski definition) is 3. The van der Waals surface area contributed by atoms with Crippen LogP contribution in [0.4, 0.5) is 0 Å². The highest BCUT2D eigenvalue weighted by molar-refractivity contribution is 7.98. The number of imidazole rings is 1. The number of rotatable bonds is 4. The van der Waals surface area contributed by atoms with Crippen molar-refractivity contribution in [3.63, 3.8) is 0 Å². The second-order valence-corrected chi connectivity index (χ2v) is 4.97. The van der Waals surface area contributed by atoms with E-state index >= 15 is 0 Å². The van der Waals surface area contributed by atoms with E-state index in [1.165, 1.54) is 0 Å². The lowest BCUT2D eigenvalue weighted by atomic mass is 10.2. The van der Waals surface area contributed by atoms with Crippen LogP contribution in [0.5, 0.6) is 0 Å². The second kappa shape index (κ2) is 5.38. The Hall–Kier alpha value is -1.26. The van der Waals surface area contributed by atoms with Gasteiger partial charge in [-0.05, 0) is 12.1 Å². The maximum atomic E-state index is 10.6. The van der Waals surface area contributed by atoms with Crippen LogP contribution in [0.15, 0.2) is 35.4 Å². The van der Waals surface area contributed by atoms with E-state index < -0.39 is 0 Å². The Labute approximate surface area is 109 Å². The molecule has 0 fully saturated rings. The van der Waals surface area contributed by atoms with Crippen molar-refractivity contribution in [2.75, 3.05) is 0 Å². The first-order chi connectivity index (χ1) is 8.20. The summed E-state index contributed by atoms with van der Waals surface area (Å²) in [4.78, 5) is 15.9. The first-order valence-corrected chi connectivity index (χ1v) is 6.41. The monoisotopic (exact) mass is 266 g/mol. The van der Waals surface area contributed by atoms with E-state index in [1.807, 2.05) is 29.8 Å². The van der Waals surface area contributed by atoms with E-state index in [9.17, 15) is 4.79 Å². The minimum atomic E-state index is 0.627. The van der Waals surface area contributed by atoms with Gasteiger partial charge in [0.2, 0.25) is 0 Å². The van der Waals surface area contributed by atoms with Crippen LogP contribution >= 0.6 is 23.4 Å². The second-order valence-electron chi connectivity index (χ2n) is 3.54. The third-order valence-corrected chi connectivity index (χ3v) is 3.73. The highest BCUT2D eigenvalue weighted by Crippen LogP contribution is 2.23. The Morgan fingerprint density at radius 3 is 3.00 bits per heavy atom. The lowest BCUT2D eigenvalue weighted by Gasteiger charge is -2.03. The van der Waals surface area contributed by atoms with E-state index in [0.29, 0.717) is 10.7 Å². The van der Waals surface area contributed by atoms with E-state index in [-0.39, 0.29) is 0 Å². The molecule has 0 saturated heterocycles. The molecule has 0 unspecified atom stereocenters. The number of thioether (sulfide) groups is 1. The molecule has 1 heterocycles. The number of carbonyl (C=O) groups is 1. The van der Waals surface area contributed by atoms with Crippen LogP contribution in [0.2, 0.25) is 5.15 Å². The lowest BCUT2D eigenvalue weighted by molar-refractivity contribution is 0.112. The first-order valence-electron chi connectivity index (χ1n) is 5.05. The number of hydrogen-bond donors (Lipinski definition) is 0. The van der Waals surface area contributed by atoms with Gasteiger partial charge < -0.3 is 4.57 Å². The van der Waals surface area contributed by atoms with Crippen LogP contribution in [0, 0.1) is 0 Å². The van der Waals surface area contributed by atoms with E-state index in [2.05, 4.69) is 4.98 Å². The van der Waals surface area contributed by atoms with Gasteiger partial charge in [-0.15, -0.1) is 11.8 Å². The predicted octanol–water partition coefficient (Wildman–Crippen LogP) is 3.18. The van der Waals surface area contributed by atoms with Crippen LogP contribution in [0.25, 0.3) is 0 Å². The average molecular weight is 267 g/mol. The largest absolute Gasteiger partial charge is 0.322 e. The van der Waals surface area contributed by atoms with Gasteiger partial charge in [0.25, 0.3) is 0 Å². The Morgan fingerprint density at radius 1 is 1.53 bits per heavy atom. The molecule has 3 nitrogen and oxygen atoms in total. The van der Waals surface area contributed by atoms with Crippen molar-refractivity contribution in [1.29, 1.82) is 0 Å². The molecule has 0 atom stereocenters. The summed E-state index contributed by atoms with van der Waals surface area (Å²) < 4.78 is 1.85. The molecule has 0 spiro atoms. The van der Waals surface area contributed by atoms with Gasteiger partial charge in [0.15, 0.2) is 0 Å². The van der Waals surface area contributed by atoms with Crippen LogP contribution < -0.4 is 0 Å². The maximum Gasteiger partial charge on any atom is 0.150 e. The van der Waals surface area contributed by atoms with Crippen molar-refractivity contribution in [3.05, 3.63) is 47.0 Å². The lowest BCUT2D eigenvalue weighted by Crippen LogP contribution is -1.95. The molecule has 0 amide bonds. The Bertz CT molecular complexity index is 539. The van der Waals surface area contributed by atoms with Crippen molar-refractivity contribution < 1.29 is 4.79 Å². The average Bonchev–Trinajstić information content (AvgIpc) is 2.68. The molecule has 0 bridgehead atoms. The molecule has 17 heavy (non-hydrogen) atoms. The molecule has 0 radical (unpaired) electrons. The normalized spacial score (nSPS) is 10.5. The minimum Gasteiger partial charge on any atom is -0.322 e. The standard InChI is InChI=1S/C12H11ClN2OS/c1-15-11(13)6-14-12(15)8-17-10-4-2-3-9(5-10)7-16/h2-7H,8H2,1H3. The molecule has 1 aromatic heterocycles. The predicted molar refractivity (Wildman–Crippen MR) is 69.6 cm³/mol. The number of benzene rings is 1. The van der Waals surface area contributed by atoms with Gasteiger partial charge in [-0.3, -0.25) is 4.79 Å². The first kappa shape index (κ1) is 12.2. The zero-order chi connectivity index (χ0) is 12.3. The molecular weight excluding hydrogens is 256 g/mol. The van der Waals surface area contributed by atoms with E-state index in [4.69, 9.17) is 11.6 Å². The van der Waals surface area contributed by atoms with Gasteiger partial charge in [0.05, 0.1) is 11.9 Å². The van der Waals surface area contributed by atoms with Crippen LogP contribution in [0.3, 0.4) is 0 Å². The Morgan fingerprint density at radius 2 is 2.35 bits per heavy atom. The molecule has 2 rings (SSSR count). The summed E-state index contributed by atoms with van der Waals surface area (Å²) in [5.41, 5.74) is 0.688. The summed E-state index contributed by atoms with van der Waals surface area (Å²) in [6.07, 6.45) is 2.49. The maximum absolute atomic E-state index is 10.6. The number of carbonyl (C=O) groups excluding carboxylic acids is 1. The van der Waals surface area contributed by atoms with Crippen molar-refractivity contribution in [1.82, 2.24) is 9.55 Å². The van der Waals surface area contributed by atoms with E-state index in [1.54, 1.807) is 24.0 Å². The third-order valence-electron chi connectivity index (χ3n) is 2.39. The topological polar surface area (TPSA) is 34.9 Å². The Balaban J connectivity index is 2.07. The molecule has 0 N–H and O–H groups in total. The smallest absolute Gasteiger partial charge is 0.150 e. The summed E-state index contributed by atoms with van der Waals surface area (Å²) >= 11 is 7.53. The molecule has 88 valence electrons. The van der Waals surface area contributed by atoms with Crippen LogP contribution in [-0.4, -0.2) is 15.8 Å². The molecule has 0 saturated carbocycles. The van der Waals surface area contributed by atoms with Crippen molar-refractivity contribution in [3.8, 4) is 0 Å². The van der Waals surface area contributed by atoms with Gasteiger partial charge in [0, 0.05) is 17.5 Å². The van der Waals surface area contributed by atoms with E-state index in [0.717, 1.165) is 22.8 Å². The zero-order valence-electron chi connectivity index (χ0n) is 9.26. The summed E-state index contributed by atoms with van der Waals surface area (Å²) in [6.45, 7) is 0. The fourth-order valence-corrected chi connectivity index (χ4v) is 2.49. The van der Waals surface area contributed by atoms with Gasteiger partial charge in [-0.25, -0.2) is 4.98 Å². The quantitative estimate of drug-likeness (QED) is 0.630. The summed E-state index contributed by atoms with van der Waals surface area (Å²) in [5.74, 6) is 1.64. The summed E-state index contributed by atoms with van der Waals surface area (Å²) in [6, 6.07) is 7.50. The van der Waals surface area contributed by atoms with Crippen molar-refractivity contribution in [2.45, 2.75) is 10.6 Å². The molecule has 0 aliphatic heterocycles. The molecule has 2 aromatic rings. The summed E-state index contributed by atoms with van der Waals surface area (Å²) in [5, 5.41) is 0.627. The highest BCUT2D eigenvalue weighted by Gasteiger charge is 2.05. The number of aromatic nitrogens is 2. The van der Waals surface area contributed by atoms with Crippen LogP contribution in [0.1, 0.15) is 16.2 Å². The van der Waals surface area contributed by atoms with Gasteiger partial charge >= 0.3 is 0 Å². The van der Waals surface area contributed by atoms with Crippen LogP contribution in [-0.2, 0) is 12.8 Å². The van der Waals surface area contributed by atoms with Crippen molar-refractivity contribution in [2.24, 2.45) is 7.05 Å². The zero-order valence-corrected chi connectivity index (χ0v) is 10.8. The fraction of sp³-hybridized carbons (Fsp3) is 0.167. The van der Waals surface area contributed by atoms with Gasteiger partial charge in [-0.1, -0.05) is 23.7 Å². The van der Waals surface area contributed by atoms with Gasteiger partial charge in [-0.2, -0.15) is 0 Å². The highest BCUT2D eigenvalue weighted by atomic mass is 35.5. The minimum absolute atomic E-state index is 0.627. The molecule has 0 aliphatic rings. The number of halogens is 1. The number of aldehydes is 1.